The van der Waals surface area contributed by atoms with Crippen LogP contribution in [0.3, 0.4) is 0 Å². The Balaban J connectivity index is 3.34. The largest absolute Gasteiger partial charge is 0.478 e. The molecule has 16 heavy (non-hydrogen) atoms. The Bertz CT molecular complexity index is 405. The van der Waals surface area contributed by atoms with Crippen LogP contribution in [0, 0.1) is 12.3 Å². The molecule has 0 bridgehead atoms. The third-order valence-corrected chi connectivity index (χ3v) is 4.42. The maximum atomic E-state index is 11.3. The molecule has 0 fully saturated rings. The van der Waals surface area contributed by atoms with E-state index in [1.54, 1.807) is 0 Å². The number of carboxylic acid groups (broad SMARTS) is 1. The predicted molar refractivity (Wildman–Crippen MR) is 69.3 cm³/mol. The molecule has 0 aliphatic carbocycles. The van der Waals surface area contributed by atoms with Gasteiger partial charge in [-0.05, 0) is 23.5 Å². The van der Waals surface area contributed by atoms with Gasteiger partial charge in [0, 0.05) is 4.83 Å². The summed E-state index contributed by atoms with van der Waals surface area (Å²) in [4.78, 5) is 11.3. The van der Waals surface area contributed by atoms with Crippen LogP contribution in [0.25, 0.3) is 0 Å². The number of carboxylic acids is 1. The van der Waals surface area contributed by atoms with Gasteiger partial charge in [0.2, 0.25) is 0 Å². The number of carbonyl (C=O) groups is 1. The molecule has 0 heterocycles. The molecule has 2 nitrogen and oxygen atoms in total. The Hall–Kier alpha value is -0.830. The van der Waals surface area contributed by atoms with Crippen molar-refractivity contribution in [1.29, 1.82) is 0 Å². The Morgan fingerprint density at radius 2 is 1.94 bits per heavy atom. The topological polar surface area (TPSA) is 37.3 Å². The highest BCUT2D eigenvalue weighted by molar-refractivity contribution is 9.09. The second-order valence-electron chi connectivity index (χ2n) is 5.07. The standard InChI is InChI=1S/C13H17BrO2/c1-8-6-5-7-9(10(8)12(15)16)11(14)13(2,3)4/h5-7,11H,1-4H3,(H,15,16). The molecule has 1 aromatic carbocycles. The highest BCUT2D eigenvalue weighted by atomic mass is 79.9. The molecule has 0 radical (unpaired) electrons. The van der Waals surface area contributed by atoms with Crippen LogP contribution in [0.4, 0.5) is 0 Å². The summed E-state index contributed by atoms with van der Waals surface area (Å²) in [5.74, 6) is -0.859. The van der Waals surface area contributed by atoms with Crippen LogP contribution in [0.2, 0.25) is 0 Å². The zero-order valence-corrected chi connectivity index (χ0v) is 11.6. The van der Waals surface area contributed by atoms with E-state index >= 15 is 0 Å². The Morgan fingerprint density at radius 3 is 2.38 bits per heavy atom. The zero-order chi connectivity index (χ0) is 12.5. The van der Waals surface area contributed by atoms with Gasteiger partial charge in [0.25, 0.3) is 0 Å². The second kappa shape index (κ2) is 4.58. The summed E-state index contributed by atoms with van der Waals surface area (Å²) in [5.41, 5.74) is 2.05. The summed E-state index contributed by atoms with van der Waals surface area (Å²) in [6.07, 6.45) is 0. The minimum Gasteiger partial charge on any atom is -0.478 e. The van der Waals surface area contributed by atoms with Crippen molar-refractivity contribution in [1.82, 2.24) is 0 Å². The van der Waals surface area contributed by atoms with Gasteiger partial charge in [-0.25, -0.2) is 4.79 Å². The molecule has 0 amide bonds. The molecule has 0 spiro atoms. The van der Waals surface area contributed by atoms with Crippen LogP contribution >= 0.6 is 15.9 Å². The quantitative estimate of drug-likeness (QED) is 0.828. The van der Waals surface area contributed by atoms with Gasteiger partial charge in [-0.1, -0.05) is 54.9 Å². The molecular formula is C13H17BrO2. The van der Waals surface area contributed by atoms with Crippen LogP contribution in [-0.4, -0.2) is 11.1 Å². The first-order valence-corrected chi connectivity index (χ1v) is 6.13. The number of aryl methyl sites for hydroxylation is 1. The van der Waals surface area contributed by atoms with Crippen molar-refractivity contribution >= 4 is 21.9 Å². The fourth-order valence-corrected chi connectivity index (χ4v) is 2.04. The number of hydrogen-bond donors (Lipinski definition) is 1. The average molecular weight is 285 g/mol. The van der Waals surface area contributed by atoms with Crippen molar-refractivity contribution in [2.75, 3.05) is 0 Å². The van der Waals surface area contributed by atoms with E-state index in [0.29, 0.717) is 5.56 Å². The van der Waals surface area contributed by atoms with Gasteiger partial charge in [-0.2, -0.15) is 0 Å². The van der Waals surface area contributed by atoms with Crippen LogP contribution in [-0.2, 0) is 0 Å². The molecule has 1 rings (SSSR count). The summed E-state index contributed by atoms with van der Waals surface area (Å²) < 4.78 is 0. The number of benzene rings is 1. The molecule has 0 aromatic heterocycles. The minimum atomic E-state index is -0.859. The van der Waals surface area contributed by atoms with E-state index in [4.69, 9.17) is 0 Å². The Labute approximate surface area is 105 Å². The van der Waals surface area contributed by atoms with Gasteiger partial charge >= 0.3 is 5.97 Å². The molecular weight excluding hydrogens is 268 g/mol. The summed E-state index contributed by atoms with van der Waals surface area (Å²) in [5, 5.41) is 9.24. The number of rotatable bonds is 2. The zero-order valence-electron chi connectivity index (χ0n) is 10.0. The summed E-state index contributed by atoms with van der Waals surface area (Å²) in [6, 6.07) is 5.60. The molecule has 88 valence electrons. The molecule has 0 aliphatic heterocycles. The smallest absolute Gasteiger partial charge is 0.336 e. The lowest BCUT2D eigenvalue weighted by Crippen LogP contribution is -2.16. The fraction of sp³-hybridized carbons (Fsp3) is 0.462. The van der Waals surface area contributed by atoms with E-state index in [9.17, 15) is 9.90 Å². The molecule has 0 aliphatic rings. The first-order chi connectivity index (χ1) is 7.25. The summed E-state index contributed by atoms with van der Waals surface area (Å²) in [7, 11) is 0. The predicted octanol–water partition coefficient (Wildman–Crippen LogP) is 4.18. The minimum absolute atomic E-state index is 0.0159. The summed E-state index contributed by atoms with van der Waals surface area (Å²) >= 11 is 3.60. The lowest BCUT2D eigenvalue weighted by Gasteiger charge is -2.27. The third kappa shape index (κ3) is 2.64. The van der Waals surface area contributed by atoms with Crippen LogP contribution < -0.4 is 0 Å². The van der Waals surface area contributed by atoms with Crippen molar-refractivity contribution in [2.45, 2.75) is 32.5 Å². The lowest BCUT2D eigenvalue weighted by atomic mass is 9.85. The van der Waals surface area contributed by atoms with Crippen LogP contribution in [0.15, 0.2) is 18.2 Å². The van der Waals surface area contributed by atoms with Gasteiger partial charge < -0.3 is 5.11 Å². The molecule has 3 heteroatoms. The van der Waals surface area contributed by atoms with Crippen LogP contribution in [0.5, 0.6) is 0 Å². The van der Waals surface area contributed by atoms with Gasteiger partial charge in [0.1, 0.15) is 0 Å². The van der Waals surface area contributed by atoms with Crippen molar-refractivity contribution in [3.05, 3.63) is 34.9 Å². The number of hydrogen-bond acceptors (Lipinski definition) is 1. The first kappa shape index (κ1) is 13.2. The van der Waals surface area contributed by atoms with Crippen molar-refractivity contribution in [2.24, 2.45) is 5.41 Å². The SMILES string of the molecule is Cc1cccc(C(Br)C(C)(C)C)c1C(=O)O. The number of alkyl halides is 1. The van der Waals surface area contributed by atoms with Gasteiger partial charge in [0.05, 0.1) is 5.56 Å². The van der Waals surface area contributed by atoms with Crippen molar-refractivity contribution in [3.8, 4) is 0 Å². The van der Waals surface area contributed by atoms with E-state index in [-0.39, 0.29) is 10.2 Å². The van der Waals surface area contributed by atoms with E-state index in [1.165, 1.54) is 0 Å². The molecule has 0 saturated carbocycles. The highest BCUT2D eigenvalue weighted by Gasteiger charge is 2.27. The highest BCUT2D eigenvalue weighted by Crippen LogP contribution is 2.41. The number of halogens is 1. The first-order valence-electron chi connectivity index (χ1n) is 5.22. The molecule has 1 aromatic rings. The second-order valence-corrected chi connectivity index (χ2v) is 5.99. The maximum Gasteiger partial charge on any atom is 0.336 e. The molecule has 1 N–H and O–H groups in total. The van der Waals surface area contributed by atoms with Crippen LogP contribution in [0.1, 0.15) is 47.1 Å². The molecule has 0 saturated heterocycles. The molecule has 1 atom stereocenters. The Morgan fingerprint density at radius 1 is 1.38 bits per heavy atom. The number of aromatic carboxylic acids is 1. The van der Waals surface area contributed by atoms with E-state index in [2.05, 4.69) is 36.7 Å². The molecule has 1 unspecified atom stereocenters. The van der Waals surface area contributed by atoms with Gasteiger partial charge in [-0.15, -0.1) is 0 Å². The lowest BCUT2D eigenvalue weighted by molar-refractivity contribution is 0.0694. The normalized spacial score (nSPS) is 13.6. The Kier molecular flexibility index (Phi) is 3.79. The van der Waals surface area contributed by atoms with Gasteiger partial charge in [-0.3, -0.25) is 0 Å². The van der Waals surface area contributed by atoms with Gasteiger partial charge in [0.15, 0.2) is 0 Å². The summed E-state index contributed by atoms with van der Waals surface area (Å²) in [6.45, 7) is 8.08. The monoisotopic (exact) mass is 284 g/mol. The average Bonchev–Trinajstić information content (AvgIpc) is 2.14. The van der Waals surface area contributed by atoms with Crippen molar-refractivity contribution < 1.29 is 9.90 Å². The fourth-order valence-electron chi connectivity index (χ4n) is 1.66. The van der Waals surface area contributed by atoms with E-state index < -0.39 is 5.97 Å². The third-order valence-electron chi connectivity index (χ3n) is 2.55. The van der Waals surface area contributed by atoms with Crippen molar-refractivity contribution in [3.63, 3.8) is 0 Å². The van der Waals surface area contributed by atoms with E-state index in [0.717, 1.165) is 11.1 Å². The maximum absolute atomic E-state index is 11.3. The van der Waals surface area contributed by atoms with E-state index in [1.807, 2.05) is 25.1 Å².